The normalized spacial score (nSPS) is 16.5. The van der Waals surface area contributed by atoms with E-state index in [1.165, 1.54) is 6.42 Å². The monoisotopic (exact) mass is 352 g/mol. The quantitative estimate of drug-likeness (QED) is 0.826. The maximum atomic E-state index is 12.6. The van der Waals surface area contributed by atoms with Crippen LogP contribution < -0.4 is 0 Å². The van der Waals surface area contributed by atoms with Crippen molar-refractivity contribution >= 4 is 21.8 Å². The summed E-state index contributed by atoms with van der Waals surface area (Å²) in [5, 5.41) is 0. The first-order valence-electron chi connectivity index (χ1n) is 7.75. The molecule has 1 fully saturated rings. The zero-order valence-corrected chi connectivity index (χ0v) is 14.8. The topological polar surface area (TPSA) is 23.6 Å². The average Bonchev–Trinajstić information content (AvgIpc) is 2.48. The van der Waals surface area contributed by atoms with Crippen LogP contribution in [0.1, 0.15) is 36.2 Å². The Morgan fingerprint density at radius 1 is 1.24 bits per heavy atom. The third-order valence-electron chi connectivity index (χ3n) is 4.18. The lowest BCUT2D eigenvalue weighted by Gasteiger charge is -2.35. The van der Waals surface area contributed by atoms with Gasteiger partial charge >= 0.3 is 0 Å². The van der Waals surface area contributed by atoms with Crippen LogP contribution in [0.15, 0.2) is 22.7 Å². The highest BCUT2D eigenvalue weighted by atomic mass is 79.9. The molecule has 1 saturated heterocycles. The van der Waals surface area contributed by atoms with Crippen molar-refractivity contribution in [3.8, 4) is 0 Å². The van der Waals surface area contributed by atoms with E-state index in [9.17, 15) is 4.79 Å². The smallest absolute Gasteiger partial charge is 0.254 e. The van der Waals surface area contributed by atoms with Gasteiger partial charge in [-0.15, -0.1) is 0 Å². The van der Waals surface area contributed by atoms with E-state index in [-0.39, 0.29) is 5.91 Å². The minimum atomic E-state index is 0.164. The van der Waals surface area contributed by atoms with Crippen molar-refractivity contribution in [2.45, 2.75) is 27.2 Å². The molecule has 0 spiro atoms. The molecule has 0 aromatic heterocycles. The van der Waals surface area contributed by atoms with Crippen LogP contribution in [0.25, 0.3) is 0 Å². The van der Waals surface area contributed by atoms with Gasteiger partial charge in [-0.25, -0.2) is 0 Å². The van der Waals surface area contributed by atoms with E-state index in [1.54, 1.807) is 0 Å². The minimum absolute atomic E-state index is 0.164. The van der Waals surface area contributed by atoms with E-state index in [0.717, 1.165) is 54.2 Å². The van der Waals surface area contributed by atoms with Gasteiger partial charge in [-0.1, -0.05) is 35.8 Å². The summed E-state index contributed by atoms with van der Waals surface area (Å²) in [5.74, 6) is 0.909. The maximum absolute atomic E-state index is 12.6. The standard InChI is InChI=1S/C17H25BrN2O/c1-13(2)7-8-19-9-11-20(12-10-19)17(21)15-5-4-6-16(18)14(15)3/h4-6,13H,7-12H2,1-3H3. The third kappa shape index (κ3) is 4.30. The van der Waals surface area contributed by atoms with Gasteiger partial charge in [0.05, 0.1) is 0 Å². The van der Waals surface area contributed by atoms with Crippen LogP contribution in [0.3, 0.4) is 0 Å². The van der Waals surface area contributed by atoms with Gasteiger partial charge in [-0.05, 0) is 43.5 Å². The first-order valence-corrected chi connectivity index (χ1v) is 8.55. The van der Waals surface area contributed by atoms with E-state index < -0.39 is 0 Å². The second kappa shape index (κ2) is 7.41. The van der Waals surface area contributed by atoms with Crippen LogP contribution in [-0.2, 0) is 0 Å². The predicted molar refractivity (Wildman–Crippen MR) is 90.7 cm³/mol. The van der Waals surface area contributed by atoms with E-state index >= 15 is 0 Å². The molecule has 1 heterocycles. The van der Waals surface area contributed by atoms with Crippen molar-refractivity contribution in [2.24, 2.45) is 5.92 Å². The van der Waals surface area contributed by atoms with Gasteiger partial charge < -0.3 is 4.90 Å². The molecule has 116 valence electrons. The fraction of sp³-hybridized carbons (Fsp3) is 0.588. The largest absolute Gasteiger partial charge is 0.336 e. The number of amides is 1. The number of carbonyl (C=O) groups excluding carboxylic acids is 1. The Morgan fingerprint density at radius 2 is 1.90 bits per heavy atom. The molecule has 0 bridgehead atoms. The number of benzene rings is 1. The molecule has 2 rings (SSSR count). The Bertz CT molecular complexity index is 494. The Labute approximate surface area is 136 Å². The van der Waals surface area contributed by atoms with Crippen LogP contribution in [0.2, 0.25) is 0 Å². The molecule has 1 aromatic carbocycles. The number of piperazine rings is 1. The molecule has 1 amide bonds. The van der Waals surface area contributed by atoms with Crippen molar-refractivity contribution in [3.05, 3.63) is 33.8 Å². The second-order valence-electron chi connectivity index (χ2n) is 6.23. The summed E-state index contributed by atoms with van der Waals surface area (Å²) >= 11 is 3.50. The molecule has 0 N–H and O–H groups in total. The average molecular weight is 353 g/mol. The summed E-state index contributed by atoms with van der Waals surface area (Å²) in [6.07, 6.45) is 1.23. The summed E-state index contributed by atoms with van der Waals surface area (Å²) < 4.78 is 1.00. The van der Waals surface area contributed by atoms with Gasteiger partial charge in [0.1, 0.15) is 0 Å². The van der Waals surface area contributed by atoms with Crippen LogP contribution in [0, 0.1) is 12.8 Å². The fourth-order valence-corrected chi connectivity index (χ4v) is 2.99. The number of carbonyl (C=O) groups is 1. The molecule has 0 unspecified atom stereocenters. The highest BCUT2D eigenvalue weighted by molar-refractivity contribution is 9.10. The van der Waals surface area contributed by atoms with Gasteiger partial charge in [0.2, 0.25) is 0 Å². The fourth-order valence-electron chi connectivity index (χ4n) is 2.62. The van der Waals surface area contributed by atoms with E-state index in [1.807, 2.05) is 30.0 Å². The zero-order valence-electron chi connectivity index (χ0n) is 13.2. The molecule has 21 heavy (non-hydrogen) atoms. The van der Waals surface area contributed by atoms with E-state index in [0.29, 0.717) is 0 Å². The molecule has 0 atom stereocenters. The van der Waals surface area contributed by atoms with Crippen LogP contribution in [0.5, 0.6) is 0 Å². The number of hydrogen-bond acceptors (Lipinski definition) is 2. The van der Waals surface area contributed by atoms with Gasteiger partial charge in [-0.2, -0.15) is 0 Å². The van der Waals surface area contributed by atoms with Gasteiger partial charge in [0, 0.05) is 36.2 Å². The molecular weight excluding hydrogens is 328 g/mol. The number of rotatable bonds is 4. The van der Waals surface area contributed by atoms with Crippen LogP contribution in [-0.4, -0.2) is 48.4 Å². The third-order valence-corrected chi connectivity index (χ3v) is 5.04. The number of halogens is 1. The Morgan fingerprint density at radius 3 is 2.52 bits per heavy atom. The lowest BCUT2D eigenvalue weighted by molar-refractivity contribution is 0.0631. The summed E-state index contributed by atoms with van der Waals surface area (Å²) in [5.41, 5.74) is 1.85. The van der Waals surface area contributed by atoms with Crippen molar-refractivity contribution in [2.75, 3.05) is 32.7 Å². The Balaban J connectivity index is 1.93. The van der Waals surface area contributed by atoms with Crippen molar-refractivity contribution < 1.29 is 4.79 Å². The minimum Gasteiger partial charge on any atom is -0.336 e. The molecule has 0 radical (unpaired) electrons. The molecule has 0 aliphatic carbocycles. The van der Waals surface area contributed by atoms with E-state index in [4.69, 9.17) is 0 Å². The van der Waals surface area contributed by atoms with Crippen LogP contribution in [0.4, 0.5) is 0 Å². The number of nitrogens with zero attached hydrogens (tertiary/aromatic N) is 2. The molecule has 1 aliphatic rings. The summed E-state index contributed by atoms with van der Waals surface area (Å²) in [7, 11) is 0. The maximum Gasteiger partial charge on any atom is 0.254 e. The SMILES string of the molecule is Cc1c(Br)cccc1C(=O)N1CCN(CCC(C)C)CC1. The zero-order chi connectivity index (χ0) is 15.4. The molecule has 1 aliphatic heterocycles. The van der Waals surface area contributed by atoms with Gasteiger partial charge in [-0.3, -0.25) is 9.69 Å². The van der Waals surface area contributed by atoms with Crippen molar-refractivity contribution in [1.29, 1.82) is 0 Å². The highest BCUT2D eigenvalue weighted by Gasteiger charge is 2.23. The first-order chi connectivity index (χ1) is 9.99. The number of hydrogen-bond donors (Lipinski definition) is 0. The lowest BCUT2D eigenvalue weighted by atomic mass is 10.1. The molecular formula is C17H25BrN2O. The Kier molecular flexibility index (Phi) is 5.82. The molecule has 3 nitrogen and oxygen atoms in total. The first kappa shape index (κ1) is 16.5. The highest BCUT2D eigenvalue weighted by Crippen LogP contribution is 2.21. The van der Waals surface area contributed by atoms with Crippen LogP contribution >= 0.6 is 15.9 Å². The van der Waals surface area contributed by atoms with Gasteiger partial charge in [0.25, 0.3) is 5.91 Å². The molecule has 1 aromatic rings. The van der Waals surface area contributed by atoms with Crippen molar-refractivity contribution in [1.82, 2.24) is 9.80 Å². The Hall–Kier alpha value is -0.870. The summed E-state index contributed by atoms with van der Waals surface area (Å²) in [6.45, 7) is 11.3. The molecule has 0 saturated carbocycles. The predicted octanol–water partition coefficient (Wildman–Crippen LogP) is 3.56. The lowest BCUT2D eigenvalue weighted by Crippen LogP contribution is -2.49. The van der Waals surface area contributed by atoms with Crippen molar-refractivity contribution in [3.63, 3.8) is 0 Å². The van der Waals surface area contributed by atoms with E-state index in [2.05, 4.69) is 34.7 Å². The second-order valence-corrected chi connectivity index (χ2v) is 7.08. The molecule has 4 heteroatoms. The summed E-state index contributed by atoms with van der Waals surface area (Å²) in [6, 6.07) is 5.84. The van der Waals surface area contributed by atoms with Gasteiger partial charge in [0.15, 0.2) is 0 Å². The summed E-state index contributed by atoms with van der Waals surface area (Å²) in [4.78, 5) is 17.1.